The van der Waals surface area contributed by atoms with E-state index in [1.54, 1.807) is 31.2 Å². The van der Waals surface area contributed by atoms with E-state index in [9.17, 15) is 14.4 Å². The summed E-state index contributed by atoms with van der Waals surface area (Å²) in [6, 6.07) is 6.78. The predicted octanol–water partition coefficient (Wildman–Crippen LogP) is 5.66. The lowest BCUT2D eigenvalue weighted by atomic mass is 10.1. The summed E-state index contributed by atoms with van der Waals surface area (Å²) in [5.41, 5.74) is 1.52. The molecule has 0 bridgehead atoms. The van der Waals surface area contributed by atoms with Gasteiger partial charge < -0.3 is 24.7 Å². The van der Waals surface area contributed by atoms with Crippen molar-refractivity contribution in [2.24, 2.45) is 0 Å². The Hall–Kier alpha value is -3.09. The van der Waals surface area contributed by atoms with E-state index in [1.807, 2.05) is 4.57 Å². The lowest BCUT2D eigenvalue weighted by Gasteiger charge is -2.11. The maximum absolute atomic E-state index is 13.0. The normalized spacial score (nSPS) is 12.7. The fraction of sp³-hybridized carbons (Fsp3) is 0.483. The van der Waals surface area contributed by atoms with Crippen LogP contribution >= 0.6 is 34.7 Å². The number of carbonyl (C=O) groups is 3. The number of carbonyl (C=O) groups excluding carboxylic acids is 3. The van der Waals surface area contributed by atoms with Crippen LogP contribution in [0.4, 0.5) is 5.00 Å². The second kappa shape index (κ2) is 15.9. The van der Waals surface area contributed by atoms with Gasteiger partial charge in [0, 0.05) is 16.4 Å². The molecule has 4 rings (SSSR count). The standard InChI is InChI=1S/C29H36ClN5O5S2/c1-3-5-15-35-23(16-31-24(36)17-40-20-13-11-19(30)12-14-20)33-34-29(35)41-18-25(37)32-27-26(28(38)39-4-2)21-9-7-6-8-10-22(21)42-27/h11-14H,3-10,15-18H2,1-2H3,(H,31,36)(H,32,37). The van der Waals surface area contributed by atoms with Crippen LogP contribution in [0.1, 0.15) is 72.6 Å². The lowest BCUT2D eigenvalue weighted by Crippen LogP contribution is -2.29. The first-order valence-corrected chi connectivity index (χ1v) is 16.4. The second-order valence-corrected chi connectivity index (χ2v) is 12.2. The molecule has 13 heteroatoms. The number of nitrogens with zero attached hydrogens (tertiary/aromatic N) is 3. The first-order chi connectivity index (χ1) is 20.4. The second-order valence-electron chi connectivity index (χ2n) is 9.75. The Balaban J connectivity index is 1.36. The molecule has 1 aliphatic carbocycles. The zero-order valence-electron chi connectivity index (χ0n) is 23.9. The maximum atomic E-state index is 13.0. The van der Waals surface area contributed by atoms with Crippen LogP contribution in [0.25, 0.3) is 0 Å². The van der Waals surface area contributed by atoms with Crippen LogP contribution in [0.2, 0.25) is 5.02 Å². The van der Waals surface area contributed by atoms with Crippen LogP contribution < -0.4 is 15.4 Å². The van der Waals surface area contributed by atoms with Gasteiger partial charge >= 0.3 is 5.97 Å². The van der Waals surface area contributed by atoms with E-state index in [1.165, 1.54) is 23.1 Å². The number of aryl methyl sites for hydroxylation is 1. The number of thioether (sulfide) groups is 1. The Kier molecular flexibility index (Phi) is 12.1. The van der Waals surface area contributed by atoms with Crippen LogP contribution in [0.15, 0.2) is 29.4 Å². The van der Waals surface area contributed by atoms with Crippen LogP contribution in [-0.4, -0.2) is 51.5 Å². The molecule has 10 nitrogen and oxygen atoms in total. The van der Waals surface area contributed by atoms with Crippen molar-refractivity contribution in [3.8, 4) is 5.75 Å². The Bertz CT molecular complexity index is 1380. The summed E-state index contributed by atoms with van der Waals surface area (Å²) in [5.74, 6) is 0.320. The van der Waals surface area contributed by atoms with E-state index in [0.29, 0.717) is 38.9 Å². The summed E-state index contributed by atoms with van der Waals surface area (Å²) < 4.78 is 12.8. The lowest BCUT2D eigenvalue weighted by molar-refractivity contribution is -0.123. The number of unbranched alkanes of at least 4 members (excludes halogenated alkanes) is 1. The van der Waals surface area contributed by atoms with Crippen molar-refractivity contribution in [2.75, 3.05) is 24.3 Å². The molecule has 1 aromatic carbocycles. The van der Waals surface area contributed by atoms with Gasteiger partial charge in [-0.15, -0.1) is 21.5 Å². The molecule has 0 saturated heterocycles. The SMILES string of the molecule is CCCCn1c(CNC(=O)COc2ccc(Cl)cc2)nnc1SCC(=O)Nc1sc2c(c1C(=O)OCC)CCCCC2. The Morgan fingerprint density at radius 1 is 1.07 bits per heavy atom. The monoisotopic (exact) mass is 633 g/mol. The van der Waals surface area contributed by atoms with Gasteiger partial charge in [-0.1, -0.05) is 43.1 Å². The number of esters is 1. The molecular weight excluding hydrogens is 598 g/mol. The number of rotatable bonds is 14. The zero-order valence-corrected chi connectivity index (χ0v) is 26.3. The minimum atomic E-state index is -0.385. The van der Waals surface area contributed by atoms with E-state index < -0.39 is 0 Å². The topological polar surface area (TPSA) is 124 Å². The number of aromatic nitrogens is 3. The van der Waals surface area contributed by atoms with Gasteiger partial charge in [0.15, 0.2) is 17.6 Å². The van der Waals surface area contributed by atoms with Crippen LogP contribution in [0.3, 0.4) is 0 Å². The Labute approximate surface area is 258 Å². The molecular formula is C29H36ClN5O5S2. The minimum absolute atomic E-state index is 0.0936. The highest BCUT2D eigenvalue weighted by molar-refractivity contribution is 7.99. The number of fused-ring (bicyclic) bond motifs is 1. The maximum Gasteiger partial charge on any atom is 0.341 e. The smallest absolute Gasteiger partial charge is 0.341 e. The van der Waals surface area contributed by atoms with Crippen LogP contribution in [-0.2, 0) is 40.3 Å². The van der Waals surface area contributed by atoms with Gasteiger partial charge in [0.05, 0.1) is 24.5 Å². The van der Waals surface area contributed by atoms with Gasteiger partial charge in [-0.3, -0.25) is 9.59 Å². The van der Waals surface area contributed by atoms with Crippen molar-refractivity contribution in [1.82, 2.24) is 20.1 Å². The molecule has 0 unspecified atom stereocenters. The molecule has 0 saturated carbocycles. The number of thiophene rings is 1. The molecule has 0 radical (unpaired) electrons. The van der Waals surface area contributed by atoms with Crippen molar-refractivity contribution >= 4 is 57.5 Å². The Morgan fingerprint density at radius 2 is 1.86 bits per heavy atom. The third kappa shape index (κ3) is 8.71. The predicted molar refractivity (Wildman–Crippen MR) is 165 cm³/mol. The number of ether oxygens (including phenoxy) is 2. The number of benzene rings is 1. The molecule has 2 amide bonds. The summed E-state index contributed by atoms with van der Waals surface area (Å²) >= 11 is 8.63. The number of hydrogen-bond donors (Lipinski definition) is 2. The average Bonchev–Trinajstić information content (AvgIpc) is 3.44. The highest BCUT2D eigenvalue weighted by atomic mass is 35.5. The molecule has 2 aromatic heterocycles. The quantitative estimate of drug-likeness (QED) is 0.132. The minimum Gasteiger partial charge on any atom is -0.484 e. The largest absolute Gasteiger partial charge is 0.484 e. The van der Waals surface area contributed by atoms with Gasteiger partial charge in [-0.2, -0.15) is 0 Å². The molecule has 1 aliphatic rings. The first kappa shape index (κ1) is 31.8. The summed E-state index contributed by atoms with van der Waals surface area (Å²) in [4.78, 5) is 39.4. The summed E-state index contributed by atoms with van der Waals surface area (Å²) in [6.07, 6.45) is 6.80. The molecule has 226 valence electrons. The van der Waals surface area contributed by atoms with Crippen molar-refractivity contribution in [3.63, 3.8) is 0 Å². The van der Waals surface area contributed by atoms with E-state index in [-0.39, 0.29) is 43.3 Å². The number of hydrogen-bond acceptors (Lipinski definition) is 9. The van der Waals surface area contributed by atoms with Crippen LogP contribution in [0.5, 0.6) is 5.75 Å². The number of amides is 2. The molecule has 2 heterocycles. The van der Waals surface area contributed by atoms with Gasteiger partial charge in [-0.25, -0.2) is 4.79 Å². The molecule has 0 spiro atoms. The summed E-state index contributed by atoms with van der Waals surface area (Å²) in [6.45, 7) is 4.83. The van der Waals surface area contributed by atoms with Crippen molar-refractivity contribution < 1.29 is 23.9 Å². The zero-order chi connectivity index (χ0) is 29.9. The van der Waals surface area contributed by atoms with Gasteiger partial charge in [0.2, 0.25) is 5.91 Å². The number of nitrogens with one attached hydrogen (secondary N) is 2. The molecule has 0 atom stereocenters. The fourth-order valence-electron chi connectivity index (χ4n) is 4.55. The Morgan fingerprint density at radius 3 is 2.62 bits per heavy atom. The highest BCUT2D eigenvalue weighted by Crippen LogP contribution is 2.38. The summed E-state index contributed by atoms with van der Waals surface area (Å²) in [7, 11) is 0. The molecule has 0 fully saturated rings. The highest BCUT2D eigenvalue weighted by Gasteiger charge is 2.27. The van der Waals surface area contributed by atoms with E-state index >= 15 is 0 Å². The molecule has 2 N–H and O–H groups in total. The number of anilines is 1. The van der Waals surface area contributed by atoms with Crippen LogP contribution in [0, 0.1) is 0 Å². The first-order valence-electron chi connectivity index (χ1n) is 14.2. The fourth-order valence-corrected chi connectivity index (χ4v) is 6.75. The van der Waals surface area contributed by atoms with Gasteiger partial charge in [-0.05, 0) is 68.9 Å². The molecule has 0 aliphatic heterocycles. The van der Waals surface area contributed by atoms with E-state index in [4.69, 9.17) is 21.1 Å². The van der Waals surface area contributed by atoms with Crippen molar-refractivity contribution in [3.05, 3.63) is 51.1 Å². The van der Waals surface area contributed by atoms with Crippen molar-refractivity contribution in [1.29, 1.82) is 0 Å². The van der Waals surface area contributed by atoms with Gasteiger partial charge in [0.25, 0.3) is 5.91 Å². The third-order valence-corrected chi connectivity index (χ3v) is 9.07. The average molecular weight is 634 g/mol. The van der Waals surface area contributed by atoms with Crippen molar-refractivity contribution in [2.45, 2.75) is 77.0 Å². The van der Waals surface area contributed by atoms with Gasteiger partial charge in [0.1, 0.15) is 10.8 Å². The number of halogens is 1. The van der Waals surface area contributed by atoms with E-state index in [0.717, 1.165) is 55.4 Å². The third-order valence-electron chi connectivity index (χ3n) is 6.64. The summed E-state index contributed by atoms with van der Waals surface area (Å²) in [5, 5.41) is 16.1. The molecule has 3 aromatic rings. The molecule has 42 heavy (non-hydrogen) atoms. The van der Waals surface area contributed by atoms with E-state index in [2.05, 4.69) is 27.8 Å².